The van der Waals surface area contributed by atoms with Gasteiger partial charge in [0.2, 0.25) is 0 Å². The minimum Gasteiger partial charge on any atom is -0.377 e. The fourth-order valence-electron chi connectivity index (χ4n) is 1.34. The normalized spacial score (nSPS) is 10.2. The van der Waals surface area contributed by atoms with Crippen LogP contribution >= 0.6 is 22.6 Å². The molecular weight excluding hydrogens is 299 g/mol. The molecule has 0 unspecified atom stereocenters. The first-order chi connectivity index (χ1) is 7.38. The van der Waals surface area contributed by atoms with Gasteiger partial charge in [-0.15, -0.1) is 6.58 Å². The number of benzene rings is 1. The Balaban J connectivity index is 2.33. The summed E-state index contributed by atoms with van der Waals surface area (Å²) in [5.41, 5.74) is 2.69. The zero-order chi connectivity index (χ0) is 10.9. The molecule has 82 valence electrons. The third-order valence-corrected chi connectivity index (χ3v) is 3.04. The number of unbranched alkanes of at least 4 members (excludes halogenated alkanes) is 1. The molecule has 15 heavy (non-hydrogen) atoms. The zero-order valence-corrected chi connectivity index (χ0v) is 11.1. The summed E-state index contributed by atoms with van der Waals surface area (Å²) in [5, 5.41) is 0. The van der Waals surface area contributed by atoms with Crippen molar-refractivity contribution in [3.8, 4) is 0 Å². The van der Waals surface area contributed by atoms with E-state index >= 15 is 0 Å². The van der Waals surface area contributed by atoms with Crippen molar-refractivity contribution in [2.75, 3.05) is 6.61 Å². The Bertz CT molecular complexity index is 296. The van der Waals surface area contributed by atoms with Crippen LogP contribution in [0, 0.1) is 0 Å². The van der Waals surface area contributed by atoms with Gasteiger partial charge in [-0.1, -0.05) is 52.9 Å². The SMILES string of the molecule is C=CCCCOCc1ccccc1CI. The number of rotatable bonds is 7. The van der Waals surface area contributed by atoms with Gasteiger partial charge < -0.3 is 4.74 Å². The largest absolute Gasteiger partial charge is 0.377 e. The third-order valence-electron chi connectivity index (χ3n) is 2.22. The summed E-state index contributed by atoms with van der Waals surface area (Å²) in [6.07, 6.45) is 4.03. The predicted octanol–water partition coefficient (Wildman–Crippen LogP) is 4.10. The third kappa shape index (κ3) is 4.80. The fourth-order valence-corrected chi connectivity index (χ4v) is 2.08. The Kier molecular flexibility index (Phi) is 6.68. The average Bonchev–Trinajstić information content (AvgIpc) is 2.29. The molecule has 0 atom stereocenters. The lowest BCUT2D eigenvalue weighted by Crippen LogP contribution is -1.98. The number of allylic oxidation sites excluding steroid dienone is 1. The van der Waals surface area contributed by atoms with Crippen molar-refractivity contribution in [2.24, 2.45) is 0 Å². The van der Waals surface area contributed by atoms with Gasteiger partial charge in [0.15, 0.2) is 0 Å². The van der Waals surface area contributed by atoms with Crippen LogP contribution in [-0.4, -0.2) is 6.61 Å². The first-order valence-corrected chi connectivity index (χ1v) is 6.72. The molecule has 0 aliphatic heterocycles. The molecule has 1 aromatic carbocycles. The van der Waals surface area contributed by atoms with Crippen molar-refractivity contribution in [1.29, 1.82) is 0 Å². The molecular formula is C13H17IO. The van der Waals surface area contributed by atoms with Crippen molar-refractivity contribution >= 4 is 22.6 Å². The van der Waals surface area contributed by atoms with E-state index in [2.05, 4.69) is 53.4 Å². The molecule has 2 heteroatoms. The van der Waals surface area contributed by atoms with Crippen molar-refractivity contribution in [1.82, 2.24) is 0 Å². The second-order valence-corrected chi connectivity index (χ2v) is 4.15. The van der Waals surface area contributed by atoms with Gasteiger partial charge in [-0.3, -0.25) is 0 Å². The first-order valence-electron chi connectivity index (χ1n) is 5.20. The highest BCUT2D eigenvalue weighted by Crippen LogP contribution is 2.13. The quantitative estimate of drug-likeness (QED) is 0.318. The van der Waals surface area contributed by atoms with Gasteiger partial charge in [-0.25, -0.2) is 0 Å². The standard InChI is InChI=1S/C13H17IO/c1-2-3-6-9-15-11-13-8-5-4-7-12(13)10-14/h2,4-5,7-8H,1,3,6,9-11H2. The summed E-state index contributed by atoms with van der Waals surface area (Å²) in [7, 11) is 0. The first kappa shape index (κ1) is 12.7. The lowest BCUT2D eigenvalue weighted by Gasteiger charge is -2.07. The van der Waals surface area contributed by atoms with Crippen LogP contribution in [0.1, 0.15) is 24.0 Å². The van der Waals surface area contributed by atoms with Gasteiger partial charge in [-0.05, 0) is 24.0 Å². The number of ether oxygens (including phenoxy) is 1. The van der Waals surface area contributed by atoms with Gasteiger partial charge in [0.05, 0.1) is 6.61 Å². The van der Waals surface area contributed by atoms with Crippen LogP contribution in [0.25, 0.3) is 0 Å². The average molecular weight is 316 g/mol. The van der Waals surface area contributed by atoms with Crippen molar-refractivity contribution in [3.05, 3.63) is 48.0 Å². The Hall–Kier alpha value is -0.350. The summed E-state index contributed by atoms with van der Waals surface area (Å²) < 4.78 is 6.66. The number of halogens is 1. The van der Waals surface area contributed by atoms with Crippen molar-refractivity contribution in [2.45, 2.75) is 23.9 Å². The highest BCUT2D eigenvalue weighted by molar-refractivity contribution is 14.1. The summed E-state index contributed by atoms with van der Waals surface area (Å²) in [5.74, 6) is 0. The molecule has 0 saturated heterocycles. The fraction of sp³-hybridized carbons (Fsp3) is 0.385. The van der Waals surface area contributed by atoms with E-state index in [0.29, 0.717) is 0 Å². The van der Waals surface area contributed by atoms with E-state index in [-0.39, 0.29) is 0 Å². The monoisotopic (exact) mass is 316 g/mol. The molecule has 1 aromatic rings. The van der Waals surface area contributed by atoms with Gasteiger partial charge in [0, 0.05) is 11.0 Å². The summed E-state index contributed by atoms with van der Waals surface area (Å²) >= 11 is 2.38. The van der Waals surface area contributed by atoms with Crippen LogP contribution in [0.2, 0.25) is 0 Å². The Morgan fingerprint density at radius 2 is 2.00 bits per heavy atom. The van der Waals surface area contributed by atoms with Gasteiger partial charge in [-0.2, -0.15) is 0 Å². The van der Waals surface area contributed by atoms with Gasteiger partial charge >= 0.3 is 0 Å². The second-order valence-electron chi connectivity index (χ2n) is 3.39. The second kappa shape index (κ2) is 7.88. The van der Waals surface area contributed by atoms with Crippen molar-refractivity contribution < 1.29 is 4.74 Å². The van der Waals surface area contributed by atoms with Crippen LogP contribution in [0.4, 0.5) is 0 Å². The highest BCUT2D eigenvalue weighted by Gasteiger charge is 1.99. The van der Waals surface area contributed by atoms with E-state index < -0.39 is 0 Å². The van der Waals surface area contributed by atoms with Crippen LogP contribution < -0.4 is 0 Å². The van der Waals surface area contributed by atoms with Crippen molar-refractivity contribution in [3.63, 3.8) is 0 Å². The molecule has 0 spiro atoms. The highest BCUT2D eigenvalue weighted by atomic mass is 127. The lowest BCUT2D eigenvalue weighted by molar-refractivity contribution is 0.119. The van der Waals surface area contributed by atoms with E-state index in [9.17, 15) is 0 Å². The molecule has 0 aliphatic carbocycles. The molecule has 0 amide bonds. The molecule has 1 nitrogen and oxygen atoms in total. The molecule has 0 aliphatic rings. The molecule has 0 bridgehead atoms. The number of hydrogen-bond acceptors (Lipinski definition) is 1. The zero-order valence-electron chi connectivity index (χ0n) is 8.92. The van der Waals surface area contributed by atoms with Crippen LogP contribution in [0.15, 0.2) is 36.9 Å². The number of hydrogen-bond donors (Lipinski definition) is 0. The molecule has 0 saturated carbocycles. The smallest absolute Gasteiger partial charge is 0.0719 e. The molecule has 0 heterocycles. The van der Waals surface area contributed by atoms with E-state index in [4.69, 9.17) is 4.74 Å². The maximum Gasteiger partial charge on any atom is 0.0719 e. The predicted molar refractivity (Wildman–Crippen MR) is 73.3 cm³/mol. The maximum absolute atomic E-state index is 5.61. The molecule has 0 N–H and O–H groups in total. The van der Waals surface area contributed by atoms with Crippen LogP contribution in [-0.2, 0) is 15.8 Å². The maximum atomic E-state index is 5.61. The topological polar surface area (TPSA) is 9.23 Å². The number of alkyl halides is 1. The van der Waals surface area contributed by atoms with E-state index in [0.717, 1.165) is 30.5 Å². The lowest BCUT2D eigenvalue weighted by atomic mass is 10.1. The Labute approximate surface area is 106 Å². The summed E-state index contributed by atoms with van der Waals surface area (Å²) in [6, 6.07) is 8.45. The Morgan fingerprint density at radius 3 is 2.67 bits per heavy atom. The Morgan fingerprint density at radius 1 is 1.27 bits per heavy atom. The molecule has 0 aromatic heterocycles. The molecule has 0 fully saturated rings. The molecule has 0 radical (unpaired) electrons. The van der Waals surface area contributed by atoms with Gasteiger partial charge in [0.1, 0.15) is 0 Å². The van der Waals surface area contributed by atoms with Crippen LogP contribution in [0.3, 0.4) is 0 Å². The molecule has 1 rings (SSSR count). The van der Waals surface area contributed by atoms with Crippen LogP contribution in [0.5, 0.6) is 0 Å². The van der Waals surface area contributed by atoms with Gasteiger partial charge in [0.25, 0.3) is 0 Å². The summed E-state index contributed by atoms with van der Waals surface area (Å²) in [4.78, 5) is 0. The van der Waals surface area contributed by atoms with E-state index in [1.54, 1.807) is 0 Å². The summed E-state index contributed by atoms with van der Waals surface area (Å²) in [6.45, 7) is 5.24. The van der Waals surface area contributed by atoms with E-state index in [1.807, 2.05) is 6.08 Å². The van der Waals surface area contributed by atoms with E-state index in [1.165, 1.54) is 11.1 Å². The minimum absolute atomic E-state index is 0.732. The minimum atomic E-state index is 0.732.